The molecule has 0 unspecified atom stereocenters. The number of furan rings is 1. The fourth-order valence-electron chi connectivity index (χ4n) is 1.16. The second-order valence-corrected chi connectivity index (χ2v) is 4.43. The van der Waals surface area contributed by atoms with Gasteiger partial charge in [-0.15, -0.1) is 0 Å². The number of ketones is 1. The number of rotatable bonds is 2. The van der Waals surface area contributed by atoms with Gasteiger partial charge < -0.3 is 4.42 Å². The zero-order chi connectivity index (χ0) is 10.1. The molecule has 0 aliphatic rings. The van der Waals surface area contributed by atoms with Crippen molar-refractivity contribution in [2.75, 3.05) is 0 Å². The molecule has 0 bridgehead atoms. The lowest BCUT2D eigenvalue weighted by Gasteiger charge is -1.94. The van der Waals surface area contributed by atoms with Crippen LogP contribution in [0.15, 0.2) is 32.0 Å². The van der Waals surface area contributed by atoms with Gasteiger partial charge in [-0.25, -0.2) is 0 Å². The number of carbonyl (C=O) groups is 1. The minimum absolute atomic E-state index is 0.0607. The van der Waals surface area contributed by atoms with Crippen molar-refractivity contribution in [3.63, 3.8) is 0 Å². The van der Waals surface area contributed by atoms with E-state index in [9.17, 15) is 4.79 Å². The van der Waals surface area contributed by atoms with E-state index in [0.717, 1.165) is 11.1 Å². The Kier molecular flexibility index (Phi) is 2.56. The molecule has 2 nitrogen and oxygen atoms in total. The molecule has 2 aromatic rings. The maximum absolute atomic E-state index is 11.8. The largest absolute Gasteiger partial charge is 0.446 e. The first-order chi connectivity index (χ1) is 6.68. The molecule has 0 saturated carbocycles. The minimum atomic E-state index is -0.0607. The first-order valence-corrected chi connectivity index (χ1v) is 5.75. The maximum atomic E-state index is 11.8. The van der Waals surface area contributed by atoms with Crippen LogP contribution in [0.2, 0.25) is 0 Å². The van der Waals surface area contributed by atoms with Gasteiger partial charge in [0.25, 0.3) is 0 Å². The Balaban J connectivity index is 2.38. The predicted octanol–water partition coefficient (Wildman–Crippen LogP) is 3.64. The molecule has 2 aromatic heterocycles. The lowest BCUT2D eigenvalue weighted by Crippen LogP contribution is -1.99. The third-order valence-electron chi connectivity index (χ3n) is 1.90. The lowest BCUT2D eigenvalue weighted by molar-refractivity contribution is 0.101. The van der Waals surface area contributed by atoms with E-state index in [2.05, 4.69) is 15.9 Å². The fraction of sp³-hybridized carbons (Fsp3) is 0.100. The summed E-state index contributed by atoms with van der Waals surface area (Å²) >= 11 is 4.69. The second-order valence-electron chi connectivity index (χ2n) is 2.90. The van der Waals surface area contributed by atoms with Gasteiger partial charge in [-0.05, 0) is 45.9 Å². The van der Waals surface area contributed by atoms with Crippen molar-refractivity contribution in [3.05, 3.63) is 44.4 Å². The van der Waals surface area contributed by atoms with Gasteiger partial charge >= 0.3 is 0 Å². The molecule has 0 N–H and O–H groups in total. The second kappa shape index (κ2) is 3.71. The molecule has 0 fully saturated rings. The van der Waals surface area contributed by atoms with Crippen LogP contribution in [0.4, 0.5) is 0 Å². The summed E-state index contributed by atoms with van der Waals surface area (Å²) < 4.78 is 5.77. The highest BCUT2D eigenvalue weighted by Gasteiger charge is 2.15. The number of thiophene rings is 1. The summed E-state index contributed by atoms with van der Waals surface area (Å²) in [7, 11) is 0. The first kappa shape index (κ1) is 9.68. The summed E-state index contributed by atoms with van der Waals surface area (Å²) in [6.45, 7) is 1.92. The van der Waals surface area contributed by atoms with Gasteiger partial charge in [0.15, 0.2) is 10.4 Å². The van der Waals surface area contributed by atoms with Gasteiger partial charge in [0.05, 0.1) is 0 Å². The third-order valence-corrected chi connectivity index (χ3v) is 3.18. The lowest BCUT2D eigenvalue weighted by atomic mass is 10.1. The summed E-state index contributed by atoms with van der Waals surface area (Å²) in [6, 6.07) is 3.39. The monoisotopic (exact) mass is 270 g/mol. The van der Waals surface area contributed by atoms with E-state index in [-0.39, 0.29) is 5.78 Å². The fourth-order valence-corrected chi connectivity index (χ4v) is 2.30. The SMILES string of the molecule is Cc1cscc1C(=O)c1ccc(Br)o1. The van der Waals surface area contributed by atoms with E-state index in [1.165, 1.54) is 11.3 Å². The Hall–Kier alpha value is -0.870. The van der Waals surface area contributed by atoms with Gasteiger partial charge in [-0.1, -0.05) is 0 Å². The Labute approximate surface area is 93.7 Å². The van der Waals surface area contributed by atoms with Gasteiger partial charge in [-0.2, -0.15) is 11.3 Å². The summed E-state index contributed by atoms with van der Waals surface area (Å²) in [4.78, 5) is 11.8. The molecule has 0 radical (unpaired) electrons. The van der Waals surface area contributed by atoms with Crippen molar-refractivity contribution in [2.24, 2.45) is 0 Å². The molecule has 0 amide bonds. The molecular formula is C10H7BrO2S. The highest BCUT2D eigenvalue weighted by molar-refractivity contribution is 9.10. The molecule has 72 valence electrons. The Morgan fingerprint density at radius 3 is 2.71 bits per heavy atom. The van der Waals surface area contributed by atoms with Crippen molar-refractivity contribution in [1.29, 1.82) is 0 Å². The van der Waals surface area contributed by atoms with Crippen LogP contribution >= 0.6 is 27.3 Å². The van der Waals surface area contributed by atoms with E-state index in [0.29, 0.717) is 10.4 Å². The molecule has 2 rings (SSSR count). The number of aryl methyl sites for hydroxylation is 1. The molecule has 0 atom stereocenters. The smallest absolute Gasteiger partial charge is 0.229 e. The molecule has 0 aliphatic carbocycles. The van der Waals surface area contributed by atoms with Crippen LogP contribution < -0.4 is 0 Å². The zero-order valence-electron chi connectivity index (χ0n) is 7.41. The van der Waals surface area contributed by atoms with Crippen molar-refractivity contribution in [3.8, 4) is 0 Å². The summed E-state index contributed by atoms with van der Waals surface area (Å²) in [5.74, 6) is 0.313. The van der Waals surface area contributed by atoms with Crippen molar-refractivity contribution < 1.29 is 9.21 Å². The van der Waals surface area contributed by atoms with Crippen LogP contribution in [-0.4, -0.2) is 5.78 Å². The number of halogens is 1. The summed E-state index contributed by atoms with van der Waals surface area (Å²) in [6.07, 6.45) is 0. The summed E-state index contributed by atoms with van der Waals surface area (Å²) in [5.41, 5.74) is 1.71. The van der Waals surface area contributed by atoms with Crippen molar-refractivity contribution >= 4 is 33.0 Å². The van der Waals surface area contributed by atoms with Crippen molar-refractivity contribution in [1.82, 2.24) is 0 Å². The third kappa shape index (κ3) is 1.67. The number of hydrogen-bond donors (Lipinski definition) is 0. The van der Waals surface area contributed by atoms with Crippen LogP contribution in [-0.2, 0) is 0 Å². The zero-order valence-corrected chi connectivity index (χ0v) is 9.81. The highest BCUT2D eigenvalue weighted by Crippen LogP contribution is 2.21. The molecular weight excluding hydrogens is 264 g/mol. The van der Waals surface area contributed by atoms with Gasteiger partial charge in [0, 0.05) is 10.9 Å². The molecule has 2 heterocycles. The van der Waals surface area contributed by atoms with Crippen LogP contribution in [0.1, 0.15) is 21.7 Å². The van der Waals surface area contributed by atoms with Crippen LogP contribution in [0.25, 0.3) is 0 Å². The van der Waals surface area contributed by atoms with Crippen LogP contribution in [0.3, 0.4) is 0 Å². The molecule has 4 heteroatoms. The standard InChI is InChI=1S/C10H7BrO2S/c1-6-4-14-5-7(6)10(12)8-2-3-9(11)13-8/h2-5H,1H3. The maximum Gasteiger partial charge on any atom is 0.229 e. The topological polar surface area (TPSA) is 30.2 Å². The quantitative estimate of drug-likeness (QED) is 0.780. The first-order valence-electron chi connectivity index (χ1n) is 4.01. The predicted molar refractivity (Wildman–Crippen MR) is 58.9 cm³/mol. The Morgan fingerprint density at radius 1 is 1.43 bits per heavy atom. The van der Waals surface area contributed by atoms with Gasteiger partial charge in [0.1, 0.15) is 0 Å². The number of hydrogen-bond acceptors (Lipinski definition) is 3. The molecule has 0 aromatic carbocycles. The van der Waals surface area contributed by atoms with Crippen LogP contribution in [0.5, 0.6) is 0 Å². The average Bonchev–Trinajstić information content (AvgIpc) is 2.73. The van der Waals surface area contributed by atoms with E-state index in [1.807, 2.05) is 17.7 Å². The highest BCUT2D eigenvalue weighted by atomic mass is 79.9. The van der Waals surface area contributed by atoms with Gasteiger partial charge in [0.2, 0.25) is 5.78 Å². The average molecular weight is 271 g/mol. The normalized spacial score (nSPS) is 10.4. The minimum Gasteiger partial charge on any atom is -0.446 e. The van der Waals surface area contributed by atoms with E-state index in [1.54, 1.807) is 12.1 Å². The molecule has 14 heavy (non-hydrogen) atoms. The van der Waals surface area contributed by atoms with Crippen LogP contribution in [0, 0.1) is 6.92 Å². The van der Waals surface area contributed by atoms with E-state index in [4.69, 9.17) is 4.42 Å². The van der Waals surface area contributed by atoms with Gasteiger partial charge in [-0.3, -0.25) is 4.79 Å². The molecule has 0 aliphatic heterocycles. The van der Waals surface area contributed by atoms with E-state index < -0.39 is 0 Å². The molecule has 0 spiro atoms. The Bertz CT molecular complexity index is 470. The Morgan fingerprint density at radius 2 is 2.21 bits per heavy atom. The summed E-state index contributed by atoms with van der Waals surface area (Å²) in [5, 5.41) is 3.79. The van der Waals surface area contributed by atoms with Crippen molar-refractivity contribution in [2.45, 2.75) is 6.92 Å². The number of carbonyl (C=O) groups excluding carboxylic acids is 1. The van der Waals surface area contributed by atoms with E-state index >= 15 is 0 Å². The molecule has 0 saturated heterocycles.